The fourth-order valence-corrected chi connectivity index (χ4v) is 3.10. The molecule has 4 rings (SSSR count). The Morgan fingerprint density at radius 3 is 2.18 bits per heavy atom. The molecule has 0 spiro atoms. The Morgan fingerprint density at radius 1 is 0.893 bits per heavy atom. The number of ether oxygens (including phenoxy) is 1. The van der Waals surface area contributed by atoms with Gasteiger partial charge in [0.25, 0.3) is 5.91 Å². The van der Waals surface area contributed by atoms with Crippen molar-refractivity contribution in [3.8, 4) is 5.75 Å². The van der Waals surface area contributed by atoms with Crippen LogP contribution >= 0.6 is 0 Å². The normalized spacial score (nSPS) is 10.8. The molecule has 0 aliphatic heterocycles. The highest BCUT2D eigenvalue weighted by Crippen LogP contribution is 2.29. The Morgan fingerprint density at radius 2 is 1.54 bits per heavy atom. The third-order valence-corrected chi connectivity index (χ3v) is 4.76. The second kappa shape index (κ2) is 7.56. The lowest BCUT2D eigenvalue weighted by Gasteiger charge is -2.14. The van der Waals surface area contributed by atoms with Gasteiger partial charge in [-0.25, -0.2) is 4.98 Å². The number of rotatable bonds is 5. The molecule has 28 heavy (non-hydrogen) atoms. The average molecular weight is 371 g/mol. The molecule has 1 heterocycles. The number of hydrogen-bond donors (Lipinski definition) is 2. The largest absolute Gasteiger partial charge is 0.484 e. The van der Waals surface area contributed by atoms with E-state index in [1.807, 2.05) is 80.6 Å². The van der Waals surface area contributed by atoms with Gasteiger partial charge in [-0.3, -0.25) is 15.6 Å². The molecule has 5 nitrogen and oxygen atoms in total. The number of hydrogen-bond acceptors (Lipinski definition) is 4. The second-order valence-electron chi connectivity index (χ2n) is 6.73. The molecule has 5 heteroatoms. The monoisotopic (exact) mass is 371 g/mol. The van der Waals surface area contributed by atoms with Gasteiger partial charge in [-0.1, -0.05) is 42.5 Å². The molecule has 0 aliphatic rings. The number of nitrogens with zero attached hydrogens (tertiary/aromatic N) is 1. The molecule has 1 amide bonds. The number of anilines is 1. The summed E-state index contributed by atoms with van der Waals surface area (Å²) in [5, 5.41) is 1.88. The molecule has 140 valence electrons. The molecule has 0 unspecified atom stereocenters. The van der Waals surface area contributed by atoms with E-state index in [2.05, 4.69) is 15.8 Å². The topological polar surface area (TPSA) is 63.2 Å². The van der Waals surface area contributed by atoms with E-state index in [1.54, 1.807) is 0 Å². The smallest absolute Gasteiger partial charge is 0.276 e. The van der Waals surface area contributed by atoms with Crippen LogP contribution in [-0.4, -0.2) is 17.5 Å². The number of para-hydroxylation sites is 2. The van der Waals surface area contributed by atoms with Crippen LogP contribution in [0.1, 0.15) is 11.1 Å². The summed E-state index contributed by atoms with van der Waals surface area (Å²) in [6.45, 7) is 3.99. The number of nitrogens with one attached hydrogen (secondary N) is 2. The summed E-state index contributed by atoms with van der Waals surface area (Å²) in [6, 6.07) is 21.5. The SMILES string of the molecule is Cc1ccc(OCC(=O)NNc2c3ccccc3nc3ccccc23)cc1C. The Labute approximate surface area is 163 Å². The van der Waals surface area contributed by atoms with E-state index >= 15 is 0 Å². The highest BCUT2D eigenvalue weighted by molar-refractivity contribution is 6.07. The summed E-state index contributed by atoms with van der Waals surface area (Å²) in [7, 11) is 0. The summed E-state index contributed by atoms with van der Waals surface area (Å²) >= 11 is 0. The Balaban J connectivity index is 1.51. The standard InChI is InChI=1S/C23H21N3O2/c1-15-11-12-17(13-16(15)2)28-14-22(27)25-26-23-18-7-3-5-9-20(18)24-21-10-6-4-8-19(21)23/h3-13H,14H2,1-2H3,(H,24,26)(H,25,27). The zero-order valence-electron chi connectivity index (χ0n) is 15.8. The van der Waals surface area contributed by atoms with Gasteiger partial charge < -0.3 is 4.74 Å². The first-order chi connectivity index (χ1) is 13.6. The van der Waals surface area contributed by atoms with Crippen molar-refractivity contribution >= 4 is 33.4 Å². The lowest BCUT2D eigenvalue weighted by atomic mass is 10.1. The van der Waals surface area contributed by atoms with E-state index in [1.165, 1.54) is 5.56 Å². The zero-order chi connectivity index (χ0) is 19.5. The molecule has 0 saturated carbocycles. The van der Waals surface area contributed by atoms with Crippen LogP contribution in [0.15, 0.2) is 66.7 Å². The Hall–Kier alpha value is -3.60. The molecule has 0 bridgehead atoms. The summed E-state index contributed by atoms with van der Waals surface area (Å²) in [5.41, 5.74) is 10.7. The molecule has 0 aliphatic carbocycles. The van der Waals surface area contributed by atoms with Crippen LogP contribution in [0.4, 0.5) is 5.69 Å². The van der Waals surface area contributed by atoms with E-state index in [0.29, 0.717) is 5.75 Å². The van der Waals surface area contributed by atoms with E-state index < -0.39 is 0 Å². The summed E-state index contributed by atoms with van der Waals surface area (Å²) in [4.78, 5) is 17.0. The van der Waals surface area contributed by atoms with Gasteiger partial charge >= 0.3 is 0 Å². The maximum absolute atomic E-state index is 12.3. The first-order valence-corrected chi connectivity index (χ1v) is 9.14. The number of hydrazine groups is 1. The molecule has 0 saturated heterocycles. The minimum absolute atomic E-state index is 0.0730. The van der Waals surface area contributed by atoms with E-state index in [4.69, 9.17) is 4.74 Å². The maximum atomic E-state index is 12.3. The zero-order valence-corrected chi connectivity index (χ0v) is 15.8. The predicted octanol–water partition coefficient (Wildman–Crippen LogP) is 4.53. The predicted molar refractivity (Wildman–Crippen MR) is 112 cm³/mol. The van der Waals surface area contributed by atoms with E-state index in [-0.39, 0.29) is 12.5 Å². The van der Waals surface area contributed by atoms with Crippen molar-refractivity contribution in [2.24, 2.45) is 0 Å². The lowest BCUT2D eigenvalue weighted by Crippen LogP contribution is -2.33. The average Bonchev–Trinajstić information content (AvgIpc) is 2.72. The third-order valence-electron chi connectivity index (χ3n) is 4.76. The highest BCUT2D eigenvalue weighted by atomic mass is 16.5. The fraction of sp³-hybridized carbons (Fsp3) is 0.130. The molecule has 1 aromatic heterocycles. The van der Waals surface area contributed by atoms with Crippen LogP contribution in [0.25, 0.3) is 21.8 Å². The fourth-order valence-electron chi connectivity index (χ4n) is 3.10. The van der Waals surface area contributed by atoms with Crippen molar-refractivity contribution < 1.29 is 9.53 Å². The van der Waals surface area contributed by atoms with Crippen molar-refractivity contribution in [2.45, 2.75) is 13.8 Å². The number of fused-ring (bicyclic) bond motifs is 2. The van der Waals surface area contributed by atoms with Gasteiger partial charge in [0, 0.05) is 10.8 Å². The van der Waals surface area contributed by atoms with Crippen LogP contribution in [0.2, 0.25) is 0 Å². The number of benzene rings is 3. The molecular formula is C23H21N3O2. The van der Waals surface area contributed by atoms with E-state index in [0.717, 1.165) is 33.1 Å². The van der Waals surface area contributed by atoms with Crippen molar-refractivity contribution in [3.63, 3.8) is 0 Å². The number of carbonyl (C=O) groups is 1. The van der Waals surface area contributed by atoms with Crippen molar-refractivity contribution in [2.75, 3.05) is 12.0 Å². The Bertz CT molecular complexity index is 1120. The van der Waals surface area contributed by atoms with Gasteiger partial charge in [0.2, 0.25) is 0 Å². The van der Waals surface area contributed by atoms with Gasteiger partial charge in [0.15, 0.2) is 6.61 Å². The number of pyridine rings is 1. The van der Waals surface area contributed by atoms with Crippen LogP contribution in [0.5, 0.6) is 5.75 Å². The summed E-state index contributed by atoms with van der Waals surface area (Å²) in [6.07, 6.45) is 0. The van der Waals surface area contributed by atoms with Gasteiger partial charge in [-0.15, -0.1) is 0 Å². The minimum Gasteiger partial charge on any atom is -0.484 e. The van der Waals surface area contributed by atoms with Crippen LogP contribution in [-0.2, 0) is 4.79 Å². The van der Waals surface area contributed by atoms with E-state index in [9.17, 15) is 4.79 Å². The van der Waals surface area contributed by atoms with Gasteiger partial charge in [0.05, 0.1) is 16.7 Å². The van der Waals surface area contributed by atoms with Crippen LogP contribution < -0.4 is 15.6 Å². The van der Waals surface area contributed by atoms with Crippen molar-refractivity contribution in [1.82, 2.24) is 10.4 Å². The lowest BCUT2D eigenvalue weighted by molar-refractivity contribution is -0.122. The maximum Gasteiger partial charge on any atom is 0.276 e. The molecule has 3 aromatic carbocycles. The molecule has 0 fully saturated rings. The third kappa shape index (κ3) is 3.60. The van der Waals surface area contributed by atoms with Crippen LogP contribution in [0.3, 0.4) is 0 Å². The minimum atomic E-state index is -0.261. The van der Waals surface area contributed by atoms with Gasteiger partial charge in [0.1, 0.15) is 5.75 Å². The molecule has 0 radical (unpaired) electrons. The van der Waals surface area contributed by atoms with Gasteiger partial charge in [-0.05, 0) is 49.2 Å². The quantitative estimate of drug-likeness (QED) is 0.400. The van der Waals surface area contributed by atoms with Crippen molar-refractivity contribution in [1.29, 1.82) is 0 Å². The highest BCUT2D eigenvalue weighted by Gasteiger charge is 2.10. The first-order valence-electron chi connectivity index (χ1n) is 9.14. The summed E-state index contributed by atoms with van der Waals surface area (Å²) in [5.74, 6) is 0.418. The molecule has 4 aromatic rings. The number of aryl methyl sites for hydroxylation is 2. The molecule has 0 atom stereocenters. The molecular weight excluding hydrogens is 350 g/mol. The Kier molecular flexibility index (Phi) is 4.81. The van der Waals surface area contributed by atoms with Gasteiger partial charge in [-0.2, -0.15) is 0 Å². The summed E-state index contributed by atoms with van der Waals surface area (Å²) < 4.78 is 5.60. The van der Waals surface area contributed by atoms with Crippen molar-refractivity contribution in [3.05, 3.63) is 77.9 Å². The second-order valence-corrected chi connectivity index (χ2v) is 6.73. The molecule has 2 N–H and O–H groups in total. The number of aromatic nitrogens is 1. The number of carbonyl (C=O) groups excluding carboxylic acids is 1. The van der Waals surface area contributed by atoms with Crippen LogP contribution in [0, 0.1) is 13.8 Å². The number of amides is 1. The first kappa shape index (κ1) is 17.8.